The number of nitrogens with one attached hydrogen (secondary N) is 1. The molecule has 5 nitrogen and oxygen atoms in total. The lowest BCUT2D eigenvalue weighted by Crippen LogP contribution is -2.26. The maximum Gasteiger partial charge on any atom is 0.263 e. The highest BCUT2D eigenvalue weighted by atomic mass is 32.1. The monoisotopic (exact) mass is 428 g/mol. The Hall–Kier alpha value is -2.93. The van der Waals surface area contributed by atoms with Gasteiger partial charge in [0.05, 0.1) is 30.5 Å². The van der Waals surface area contributed by atoms with Crippen LogP contribution in [0.4, 0.5) is 4.39 Å². The summed E-state index contributed by atoms with van der Waals surface area (Å²) in [5.41, 5.74) is 2.55. The summed E-state index contributed by atoms with van der Waals surface area (Å²) in [5, 5.41) is 3.85. The van der Waals surface area contributed by atoms with Gasteiger partial charge in [0.2, 0.25) is 0 Å². The summed E-state index contributed by atoms with van der Waals surface area (Å²) < 4.78 is 24.0. The minimum Gasteiger partial charge on any atom is -0.493 e. The van der Waals surface area contributed by atoms with Gasteiger partial charge in [-0.2, -0.15) is 0 Å². The number of rotatable bonds is 8. The molecule has 1 atom stereocenters. The van der Waals surface area contributed by atoms with E-state index in [-0.39, 0.29) is 17.8 Å². The summed E-state index contributed by atoms with van der Waals surface area (Å²) in [6.45, 7) is 6.21. The second-order valence-corrected chi connectivity index (χ2v) is 7.95. The lowest BCUT2D eigenvalue weighted by Gasteiger charge is -2.16. The molecular weight excluding hydrogens is 403 g/mol. The third-order valence-corrected chi connectivity index (χ3v) is 5.81. The zero-order valence-corrected chi connectivity index (χ0v) is 18.3. The third kappa shape index (κ3) is 5.16. The van der Waals surface area contributed by atoms with Crippen LogP contribution >= 0.6 is 11.3 Å². The van der Waals surface area contributed by atoms with Crippen LogP contribution in [0.25, 0.3) is 0 Å². The highest BCUT2D eigenvalue weighted by molar-refractivity contribution is 7.13. The zero-order valence-electron chi connectivity index (χ0n) is 17.5. The average Bonchev–Trinajstić information content (AvgIpc) is 3.10. The first-order valence-electron chi connectivity index (χ1n) is 9.73. The SMILES string of the molecule is CCOc1ccc(C(C)NC(=O)c2sc(Cc3ccc(F)cc3)nc2C)cc1OC. The summed E-state index contributed by atoms with van der Waals surface area (Å²) in [7, 11) is 1.59. The van der Waals surface area contributed by atoms with Gasteiger partial charge in [0.25, 0.3) is 5.91 Å². The molecule has 158 valence electrons. The van der Waals surface area contributed by atoms with Gasteiger partial charge in [0, 0.05) is 6.42 Å². The van der Waals surface area contributed by atoms with E-state index >= 15 is 0 Å². The van der Waals surface area contributed by atoms with Crippen molar-refractivity contribution in [3.63, 3.8) is 0 Å². The molecule has 0 saturated carbocycles. The first kappa shape index (κ1) is 21.8. The van der Waals surface area contributed by atoms with E-state index in [4.69, 9.17) is 9.47 Å². The van der Waals surface area contributed by atoms with Crippen molar-refractivity contribution in [2.24, 2.45) is 0 Å². The van der Waals surface area contributed by atoms with E-state index in [0.717, 1.165) is 16.1 Å². The predicted octanol–water partition coefficient (Wildman–Crippen LogP) is 5.08. The van der Waals surface area contributed by atoms with Gasteiger partial charge in [-0.25, -0.2) is 9.37 Å². The molecule has 0 fully saturated rings. The van der Waals surface area contributed by atoms with E-state index in [1.807, 2.05) is 39.0 Å². The van der Waals surface area contributed by atoms with Gasteiger partial charge in [-0.05, 0) is 56.2 Å². The molecule has 0 spiro atoms. The van der Waals surface area contributed by atoms with Crippen LogP contribution in [0.15, 0.2) is 42.5 Å². The van der Waals surface area contributed by atoms with Crippen molar-refractivity contribution in [1.29, 1.82) is 0 Å². The van der Waals surface area contributed by atoms with Gasteiger partial charge in [-0.1, -0.05) is 18.2 Å². The minimum atomic E-state index is -0.269. The lowest BCUT2D eigenvalue weighted by atomic mass is 10.1. The fraction of sp³-hybridized carbons (Fsp3) is 0.304. The van der Waals surface area contributed by atoms with E-state index < -0.39 is 0 Å². The molecule has 7 heteroatoms. The second-order valence-electron chi connectivity index (χ2n) is 6.86. The Kier molecular flexibility index (Phi) is 7.05. The highest BCUT2D eigenvalue weighted by Gasteiger charge is 2.19. The fourth-order valence-corrected chi connectivity index (χ4v) is 4.09. The normalized spacial score (nSPS) is 11.8. The van der Waals surface area contributed by atoms with Gasteiger partial charge in [-0.15, -0.1) is 11.3 Å². The number of carbonyl (C=O) groups excluding carboxylic acids is 1. The second kappa shape index (κ2) is 9.71. The van der Waals surface area contributed by atoms with Gasteiger partial charge in [0.15, 0.2) is 11.5 Å². The molecule has 0 aliphatic rings. The van der Waals surface area contributed by atoms with Crippen molar-refractivity contribution in [3.8, 4) is 11.5 Å². The van der Waals surface area contributed by atoms with Crippen molar-refractivity contribution in [3.05, 3.63) is 75.0 Å². The van der Waals surface area contributed by atoms with Gasteiger partial charge < -0.3 is 14.8 Å². The van der Waals surface area contributed by atoms with Crippen LogP contribution in [-0.4, -0.2) is 24.6 Å². The molecule has 1 heterocycles. The predicted molar refractivity (Wildman–Crippen MR) is 116 cm³/mol. The molecule has 30 heavy (non-hydrogen) atoms. The van der Waals surface area contributed by atoms with E-state index in [1.165, 1.54) is 23.5 Å². The minimum absolute atomic E-state index is 0.171. The summed E-state index contributed by atoms with van der Waals surface area (Å²) >= 11 is 1.36. The maximum atomic E-state index is 13.1. The first-order chi connectivity index (χ1) is 14.4. The molecule has 0 saturated heterocycles. The molecule has 0 radical (unpaired) electrons. The largest absolute Gasteiger partial charge is 0.493 e. The Morgan fingerprint density at radius 1 is 1.20 bits per heavy atom. The van der Waals surface area contributed by atoms with Gasteiger partial charge in [0.1, 0.15) is 10.7 Å². The summed E-state index contributed by atoms with van der Waals surface area (Å²) in [4.78, 5) is 17.9. The Morgan fingerprint density at radius 3 is 2.60 bits per heavy atom. The Bertz CT molecular complexity index is 1020. The van der Waals surface area contributed by atoms with E-state index in [9.17, 15) is 9.18 Å². The average molecular weight is 429 g/mol. The van der Waals surface area contributed by atoms with Gasteiger partial charge in [-0.3, -0.25) is 4.79 Å². The molecular formula is C23H25FN2O3S. The molecule has 3 rings (SSSR count). The Labute approximate surface area is 179 Å². The van der Waals surface area contributed by atoms with Crippen molar-refractivity contribution in [2.75, 3.05) is 13.7 Å². The number of ether oxygens (including phenoxy) is 2. The first-order valence-corrected chi connectivity index (χ1v) is 10.5. The van der Waals surface area contributed by atoms with Crippen molar-refractivity contribution in [1.82, 2.24) is 10.3 Å². The van der Waals surface area contributed by atoms with Crippen LogP contribution in [0, 0.1) is 12.7 Å². The molecule has 1 unspecified atom stereocenters. The van der Waals surface area contributed by atoms with Crippen molar-refractivity contribution in [2.45, 2.75) is 33.2 Å². The van der Waals surface area contributed by atoms with Crippen LogP contribution in [0.5, 0.6) is 11.5 Å². The van der Waals surface area contributed by atoms with E-state index in [0.29, 0.717) is 35.1 Å². The number of aromatic nitrogens is 1. The number of methoxy groups -OCH3 is 1. The fourth-order valence-electron chi connectivity index (χ4n) is 3.09. The smallest absolute Gasteiger partial charge is 0.263 e. The topological polar surface area (TPSA) is 60.5 Å². The molecule has 1 amide bonds. The quantitative estimate of drug-likeness (QED) is 0.544. The number of aryl methyl sites for hydroxylation is 1. The Morgan fingerprint density at radius 2 is 1.93 bits per heavy atom. The molecule has 1 N–H and O–H groups in total. The van der Waals surface area contributed by atoms with Crippen molar-refractivity contribution < 1.29 is 18.7 Å². The van der Waals surface area contributed by atoms with Crippen LogP contribution in [0.1, 0.15) is 51.4 Å². The van der Waals surface area contributed by atoms with Crippen LogP contribution < -0.4 is 14.8 Å². The van der Waals surface area contributed by atoms with Crippen LogP contribution in [-0.2, 0) is 6.42 Å². The molecule has 2 aromatic carbocycles. The van der Waals surface area contributed by atoms with Crippen LogP contribution in [0.2, 0.25) is 0 Å². The molecule has 0 bridgehead atoms. The lowest BCUT2D eigenvalue weighted by molar-refractivity contribution is 0.0943. The number of carbonyl (C=O) groups is 1. The number of hydrogen-bond acceptors (Lipinski definition) is 5. The van der Waals surface area contributed by atoms with Crippen LogP contribution in [0.3, 0.4) is 0 Å². The number of thiazole rings is 1. The van der Waals surface area contributed by atoms with Gasteiger partial charge >= 0.3 is 0 Å². The number of nitrogens with zero attached hydrogens (tertiary/aromatic N) is 1. The summed E-state index contributed by atoms with van der Waals surface area (Å²) in [6, 6.07) is 11.7. The molecule has 0 aliphatic carbocycles. The number of hydrogen-bond donors (Lipinski definition) is 1. The standard InChI is InChI=1S/C23H25FN2O3S/c1-5-29-19-11-8-17(13-20(19)28-4)14(2)26-23(27)22-15(3)25-21(30-22)12-16-6-9-18(24)10-7-16/h6-11,13-14H,5,12H2,1-4H3,(H,26,27). The summed E-state index contributed by atoms with van der Waals surface area (Å²) in [6.07, 6.45) is 0.560. The number of halogens is 1. The summed E-state index contributed by atoms with van der Waals surface area (Å²) in [5.74, 6) is 0.863. The molecule has 0 aliphatic heterocycles. The third-order valence-electron chi connectivity index (χ3n) is 4.65. The molecule has 1 aromatic heterocycles. The zero-order chi connectivity index (χ0) is 21.7. The van der Waals surface area contributed by atoms with E-state index in [1.54, 1.807) is 19.2 Å². The van der Waals surface area contributed by atoms with E-state index in [2.05, 4.69) is 10.3 Å². The van der Waals surface area contributed by atoms with Crippen molar-refractivity contribution >= 4 is 17.2 Å². The number of amides is 1. The Balaban J connectivity index is 1.71. The number of benzene rings is 2. The maximum absolute atomic E-state index is 13.1. The highest BCUT2D eigenvalue weighted by Crippen LogP contribution is 2.30. The molecule has 3 aromatic rings.